The standard InChI is InChI=1S/C29H31BrFN3O4S/c1-21(29(36)32-24-12-5-6-13-24)33(19-22-10-9-11-23(30)18-22)28(35)20-34(27-17-8-7-16-26(27)31)39(37,38)25-14-3-2-4-15-25/h2-4,7-11,14-18,21,24H,5-6,12-13,19-20H2,1H3,(H,32,36)/t21-/m1/s1. The quantitative estimate of drug-likeness (QED) is 0.337. The number of anilines is 1. The van der Waals surface area contributed by atoms with Gasteiger partial charge >= 0.3 is 0 Å². The largest absolute Gasteiger partial charge is 0.352 e. The van der Waals surface area contributed by atoms with Gasteiger partial charge in [-0.15, -0.1) is 0 Å². The number of hydrogen-bond acceptors (Lipinski definition) is 4. The van der Waals surface area contributed by atoms with E-state index >= 15 is 0 Å². The average molecular weight is 617 g/mol. The molecule has 206 valence electrons. The van der Waals surface area contributed by atoms with Crippen molar-refractivity contribution in [3.63, 3.8) is 0 Å². The summed E-state index contributed by atoms with van der Waals surface area (Å²) in [5, 5.41) is 3.03. The van der Waals surface area contributed by atoms with E-state index in [-0.39, 0.29) is 29.1 Å². The third-order valence-electron chi connectivity index (χ3n) is 6.84. The molecular formula is C29H31BrFN3O4S. The summed E-state index contributed by atoms with van der Waals surface area (Å²) in [5.41, 5.74) is 0.502. The van der Waals surface area contributed by atoms with Crippen molar-refractivity contribution < 1.29 is 22.4 Å². The minimum Gasteiger partial charge on any atom is -0.352 e. The Morgan fingerprint density at radius 3 is 2.33 bits per heavy atom. The van der Waals surface area contributed by atoms with Crippen LogP contribution in [0.4, 0.5) is 10.1 Å². The molecule has 0 aromatic heterocycles. The summed E-state index contributed by atoms with van der Waals surface area (Å²) in [5.74, 6) is -1.73. The molecule has 3 aromatic rings. The second kappa shape index (κ2) is 12.7. The van der Waals surface area contributed by atoms with Gasteiger partial charge in [-0.25, -0.2) is 12.8 Å². The zero-order valence-corrected chi connectivity index (χ0v) is 24.0. The maximum Gasteiger partial charge on any atom is 0.264 e. The predicted molar refractivity (Wildman–Crippen MR) is 152 cm³/mol. The van der Waals surface area contributed by atoms with Crippen molar-refractivity contribution in [1.29, 1.82) is 0 Å². The van der Waals surface area contributed by atoms with E-state index in [1.54, 1.807) is 25.1 Å². The molecule has 7 nitrogen and oxygen atoms in total. The lowest BCUT2D eigenvalue weighted by molar-refractivity contribution is -0.139. The van der Waals surface area contributed by atoms with Crippen LogP contribution in [0.3, 0.4) is 0 Å². The fourth-order valence-corrected chi connectivity index (χ4v) is 6.58. The second-order valence-electron chi connectivity index (χ2n) is 9.59. The van der Waals surface area contributed by atoms with E-state index in [1.807, 2.05) is 24.3 Å². The van der Waals surface area contributed by atoms with Gasteiger partial charge in [0.25, 0.3) is 10.0 Å². The SMILES string of the molecule is C[C@H](C(=O)NC1CCCC1)N(Cc1cccc(Br)c1)C(=O)CN(c1ccccc1F)S(=O)(=O)c1ccccc1. The van der Waals surface area contributed by atoms with Gasteiger partial charge in [-0.05, 0) is 61.7 Å². The molecule has 4 rings (SSSR count). The van der Waals surface area contributed by atoms with Crippen LogP contribution < -0.4 is 9.62 Å². The second-order valence-corrected chi connectivity index (χ2v) is 12.4. The number of para-hydroxylation sites is 1. The molecule has 0 heterocycles. The van der Waals surface area contributed by atoms with Gasteiger partial charge in [-0.1, -0.05) is 71.2 Å². The smallest absolute Gasteiger partial charge is 0.264 e. The third kappa shape index (κ3) is 7.05. The number of carbonyl (C=O) groups is 2. The molecule has 1 saturated carbocycles. The highest BCUT2D eigenvalue weighted by Crippen LogP contribution is 2.27. The number of benzene rings is 3. The van der Waals surface area contributed by atoms with E-state index in [0.29, 0.717) is 0 Å². The molecule has 0 spiro atoms. The minimum atomic E-state index is -4.31. The number of sulfonamides is 1. The first-order chi connectivity index (χ1) is 18.7. The molecule has 1 atom stereocenters. The molecular weight excluding hydrogens is 585 g/mol. The van der Waals surface area contributed by atoms with E-state index in [0.717, 1.165) is 46.1 Å². The van der Waals surface area contributed by atoms with Crippen molar-refractivity contribution in [2.75, 3.05) is 10.8 Å². The summed E-state index contributed by atoms with van der Waals surface area (Å²) in [4.78, 5) is 28.4. The van der Waals surface area contributed by atoms with E-state index in [9.17, 15) is 22.4 Å². The van der Waals surface area contributed by atoms with E-state index in [2.05, 4.69) is 21.2 Å². The summed E-state index contributed by atoms with van der Waals surface area (Å²) < 4.78 is 43.9. The zero-order valence-electron chi connectivity index (χ0n) is 21.6. The first kappa shape index (κ1) is 28.8. The minimum absolute atomic E-state index is 0.0520. The molecule has 0 saturated heterocycles. The van der Waals surface area contributed by atoms with Crippen LogP contribution in [0.2, 0.25) is 0 Å². The van der Waals surface area contributed by atoms with Crippen LogP contribution in [0.1, 0.15) is 38.2 Å². The molecule has 10 heteroatoms. The van der Waals surface area contributed by atoms with Crippen molar-refractivity contribution in [2.45, 2.75) is 56.1 Å². The van der Waals surface area contributed by atoms with Gasteiger partial charge in [0.05, 0.1) is 10.6 Å². The first-order valence-electron chi connectivity index (χ1n) is 12.8. The number of amides is 2. The number of carbonyl (C=O) groups excluding carboxylic acids is 2. The van der Waals surface area contributed by atoms with Crippen LogP contribution >= 0.6 is 15.9 Å². The number of rotatable bonds is 10. The van der Waals surface area contributed by atoms with Gasteiger partial charge in [0.2, 0.25) is 11.8 Å². The fourth-order valence-electron chi connectivity index (χ4n) is 4.69. The lowest BCUT2D eigenvalue weighted by Gasteiger charge is -2.32. The number of halogens is 2. The van der Waals surface area contributed by atoms with Crippen molar-refractivity contribution in [3.8, 4) is 0 Å². The topological polar surface area (TPSA) is 86.8 Å². The summed E-state index contributed by atoms with van der Waals surface area (Å²) in [6.07, 6.45) is 3.84. The molecule has 0 aliphatic heterocycles. The molecule has 3 aromatic carbocycles. The summed E-state index contributed by atoms with van der Waals surface area (Å²) >= 11 is 3.43. The molecule has 0 radical (unpaired) electrons. The van der Waals surface area contributed by atoms with Gasteiger partial charge in [-0.3, -0.25) is 13.9 Å². The number of nitrogens with zero attached hydrogens (tertiary/aromatic N) is 2. The third-order valence-corrected chi connectivity index (χ3v) is 9.11. The molecule has 39 heavy (non-hydrogen) atoms. The van der Waals surface area contributed by atoms with E-state index in [1.165, 1.54) is 35.2 Å². The normalized spacial score (nSPS) is 14.5. The number of nitrogens with one attached hydrogen (secondary N) is 1. The van der Waals surface area contributed by atoms with Crippen molar-refractivity contribution in [1.82, 2.24) is 10.2 Å². The molecule has 1 aliphatic rings. The Bertz CT molecular complexity index is 1410. The number of hydrogen-bond donors (Lipinski definition) is 1. The molecule has 2 amide bonds. The predicted octanol–water partition coefficient (Wildman–Crippen LogP) is 5.26. The van der Waals surface area contributed by atoms with Gasteiger partial charge in [0.15, 0.2) is 0 Å². The fraction of sp³-hybridized carbons (Fsp3) is 0.310. The van der Waals surface area contributed by atoms with E-state index in [4.69, 9.17) is 0 Å². The lowest BCUT2D eigenvalue weighted by atomic mass is 10.1. The summed E-state index contributed by atoms with van der Waals surface area (Å²) in [6, 6.07) is 19.5. The monoisotopic (exact) mass is 615 g/mol. The Hall–Kier alpha value is -3.24. The van der Waals surface area contributed by atoms with Crippen molar-refractivity contribution in [2.24, 2.45) is 0 Å². The Kier molecular flexibility index (Phi) is 9.40. The maximum atomic E-state index is 14.9. The molecule has 1 fully saturated rings. The Balaban J connectivity index is 1.69. The maximum absolute atomic E-state index is 14.9. The van der Waals surface area contributed by atoms with Crippen LogP contribution in [0, 0.1) is 5.82 Å². The van der Waals surface area contributed by atoms with Gasteiger partial charge in [-0.2, -0.15) is 0 Å². The van der Waals surface area contributed by atoms with Gasteiger partial charge in [0.1, 0.15) is 18.4 Å². The molecule has 1 N–H and O–H groups in total. The summed E-state index contributed by atoms with van der Waals surface area (Å²) in [7, 11) is -4.31. The Labute approximate surface area is 237 Å². The first-order valence-corrected chi connectivity index (χ1v) is 15.1. The molecule has 1 aliphatic carbocycles. The highest BCUT2D eigenvalue weighted by molar-refractivity contribution is 9.10. The van der Waals surface area contributed by atoms with Crippen LogP contribution in [-0.4, -0.2) is 43.8 Å². The lowest BCUT2D eigenvalue weighted by Crippen LogP contribution is -2.52. The van der Waals surface area contributed by atoms with Crippen molar-refractivity contribution in [3.05, 3.63) is 94.7 Å². The van der Waals surface area contributed by atoms with Crippen LogP contribution in [0.25, 0.3) is 0 Å². The molecule has 0 unspecified atom stereocenters. The van der Waals surface area contributed by atoms with Crippen LogP contribution in [0.15, 0.2) is 88.2 Å². The Morgan fingerprint density at radius 2 is 1.67 bits per heavy atom. The molecule has 0 bridgehead atoms. The van der Waals surface area contributed by atoms with Crippen LogP contribution in [-0.2, 0) is 26.2 Å². The zero-order chi connectivity index (χ0) is 28.0. The van der Waals surface area contributed by atoms with Crippen molar-refractivity contribution >= 4 is 43.5 Å². The van der Waals surface area contributed by atoms with Crippen LogP contribution in [0.5, 0.6) is 0 Å². The highest BCUT2D eigenvalue weighted by atomic mass is 79.9. The Morgan fingerprint density at radius 1 is 1.00 bits per heavy atom. The van der Waals surface area contributed by atoms with Gasteiger partial charge < -0.3 is 10.2 Å². The highest BCUT2D eigenvalue weighted by Gasteiger charge is 2.34. The van der Waals surface area contributed by atoms with Gasteiger partial charge in [0, 0.05) is 17.1 Å². The summed E-state index contributed by atoms with van der Waals surface area (Å²) in [6.45, 7) is 1.00. The average Bonchev–Trinajstić information content (AvgIpc) is 3.44. The van der Waals surface area contributed by atoms with E-state index < -0.39 is 34.3 Å².